The number of anilines is 1. The summed E-state index contributed by atoms with van der Waals surface area (Å²) in [5, 5.41) is 3.47. The van der Waals surface area contributed by atoms with Crippen LogP contribution >= 0.6 is 0 Å². The minimum absolute atomic E-state index is 0.170. The van der Waals surface area contributed by atoms with Gasteiger partial charge in [0.2, 0.25) is 5.91 Å². The lowest BCUT2D eigenvalue weighted by molar-refractivity contribution is -0.115. The molecule has 3 heterocycles. The fraction of sp³-hybridized carbons (Fsp3) is 0.0952. The summed E-state index contributed by atoms with van der Waals surface area (Å²) in [4.78, 5) is 37.6. The Balaban J connectivity index is 1.56. The number of nitrogens with one attached hydrogen (secondary N) is 1. The van der Waals surface area contributed by atoms with E-state index >= 15 is 0 Å². The van der Waals surface area contributed by atoms with Gasteiger partial charge in [-0.1, -0.05) is 30.3 Å². The lowest BCUT2D eigenvalue weighted by Gasteiger charge is -2.07. The molecular weight excluding hydrogens is 354 g/mol. The molecule has 1 amide bonds. The van der Waals surface area contributed by atoms with Gasteiger partial charge in [0.15, 0.2) is 5.78 Å². The summed E-state index contributed by atoms with van der Waals surface area (Å²) < 4.78 is 1.78. The smallest absolute Gasteiger partial charge is 0.228 e. The van der Waals surface area contributed by atoms with Crippen LogP contribution in [0.2, 0.25) is 0 Å². The molecule has 4 rings (SSSR count). The molecule has 0 saturated heterocycles. The van der Waals surface area contributed by atoms with Crippen molar-refractivity contribution in [2.75, 3.05) is 5.32 Å². The van der Waals surface area contributed by atoms with Gasteiger partial charge >= 0.3 is 0 Å². The van der Waals surface area contributed by atoms with Crippen molar-refractivity contribution in [3.05, 3.63) is 84.2 Å². The van der Waals surface area contributed by atoms with E-state index in [-0.39, 0.29) is 18.1 Å². The van der Waals surface area contributed by atoms with Gasteiger partial charge in [-0.2, -0.15) is 0 Å². The van der Waals surface area contributed by atoms with Crippen molar-refractivity contribution in [3.8, 4) is 0 Å². The van der Waals surface area contributed by atoms with Gasteiger partial charge in [0.05, 0.1) is 23.9 Å². The Kier molecular flexibility index (Phi) is 4.63. The van der Waals surface area contributed by atoms with E-state index in [2.05, 4.69) is 20.3 Å². The molecule has 0 atom stereocenters. The number of amides is 1. The van der Waals surface area contributed by atoms with E-state index in [0.717, 1.165) is 5.56 Å². The van der Waals surface area contributed by atoms with Crippen molar-refractivity contribution in [1.82, 2.24) is 19.5 Å². The van der Waals surface area contributed by atoms with E-state index in [1.54, 1.807) is 23.0 Å². The first-order valence-electron chi connectivity index (χ1n) is 8.70. The highest BCUT2D eigenvalue weighted by Crippen LogP contribution is 2.21. The number of carbonyl (C=O) groups is 2. The predicted molar refractivity (Wildman–Crippen MR) is 105 cm³/mol. The van der Waals surface area contributed by atoms with E-state index in [1.807, 2.05) is 37.4 Å². The van der Waals surface area contributed by atoms with E-state index in [1.165, 1.54) is 18.7 Å². The fourth-order valence-corrected chi connectivity index (χ4v) is 3.07. The molecule has 4 aromatic rings. The van der Waals surface area contributed by atoms with Crippen molar-refractivity contribution < 1.29 is 9.59 Å². The van der Waals surface area contributed by atoms with Crippen LogP contribution in [0.25, 0.3) is 11.0 Å². The Labute approximate surface area is 161 Å². The van der Waals surface area contributed by atoms with Gasteiger partial charge in [0.1, 0.15) is 12.0 Å². The number of aryl methyl sites for hydroxylation is 1. The molecule has 3 aromatic heterocycles. The molecule has 0 radical (unpaired) electrons. The number of pyridine rings is 1. The maximum absolute atomic E-state index is 13.0. The number of rotatable bonds is 5. The number of fused-ring (bicyclic) bond motifs is 1. The molecule has 0 spiro atoms. The molecule has 28 heavy (non-hydrogen) atoms. The second-order valence-electron chi connectivity index (χ2n) is 6.42. The molecule has 0 aliphatic heterocycles. The highest BCUT2D eigenvalue weighted by Gasteiger charge is 2.17. The van der Waals surface area contributed by atoms with Crippen LogP contribution in [0, 0.1) is 0 Å². The third-order valence-corrected chi connectivity index (χ3v) is 4.37. The fourth-order valence-electron chi connectivity index (χ4n) is 3.07. The molecule has 0 aliphatic carbocycles. The summed E-state index contributed by atoms with van der Waals surface area (Å²) in [6, 6.07) is 11.1. The van der Waals surface area contributed by atoms with Crippen molar-refractivity contribution in [3.63, 3.8) is 0 Å². The zero-order valence-corrected chi connectivity index (χ0v) is 15.2. The largest absolute Gasteiger partial charge is 0.335 e. The van der Waals surface area contributed by atoms with Gasteiger partial charge in [0.25, 0.3) is 0 Å². The Morgan fingerprint density at radius 2 is 1.89 bits per heavy atom. The number of hydrogen-bond donors (Lipinski definition) is 1. The highest BCUT2D eigenvalue weighted by atomic mass is 16.1. The lowest BCUT2D eigenvalue weighted by Crippen LogP contribution is -2.15. The van der Waals surface area contributed by atoms with Crippen LogP contribution in [0.15, 0.2) is 67.5 Å². The number of carbonyl (C=O) groups excluding carboxylic acids is 2. The SMILES string of the molecule is Cn1cc(C(=O)c2cncc(NC(=O)Cc3ccccc3)c2)c2cncnc21. The van der Waals surface area contributed by atoms with Gasteiger partial charge < -0.3 is 9.88 Å². The van der Waals surface area contributed by atoms with Crippen molar-refractivity contribution >= 4 is 28.4 Å². The quantitative estimate of drug-likeness (QED) is 0.545. The number of hydrogen-bond acceptors (Lipinski definition) is 5. The number of nitrogens with zero attached hydrogens (tertiary/aromatic N) is 4. The highest BCUT2D eigenvalue weighted by molar-refractivity contribution is 6.16. The van der Waals surface area contributed by atoms with Crippen LogP contribution in [-0.4, -0.2) is 31.2 Å². The van der Waals surface area contributed by atoms with Crippen LogP contribution in [0.4, 0.5) is 5.69 Å². The maximum atomic E-state index is 13.0. The van der Waals surface area contributed by atoms with Crippen LogP contribution < -0.4 is 5.32 Å². The molecule has 1 N–H and O–H groups in total. The predicted octanol–water partition coefficient (Wildman–Crippen LogP) is 2.78. The third-order valence-electron chi connectivity index (χ3n) is 4.37. The summed E-state index contributed by atoms with van der Waals surface area (Å²) in [5.74, 6) is -0.372. The van der Waals surface area contributed by atoms with E-state index in [0.29, 0.717) is 27.8 Å². The third kappa shape index (κ3) is 3.50. The summed E-state index contributed by atoms with van der Waals surface area (Å²) in [7, 11) is 1.82. The minimum atomic E-state index is -0.202. The average Bonchev–Trinajstić information content (AvgIpc) is 3.05. The molecule has 7 heteroatoms. The van der Waals surface area contributed by atoms with Crippen LogP contribution in [-0.2, 0) is 18.3 Å². The van der Waals surface area contributed by atoms with Crippen molar-refractivity contribution in [2.45, 2.75) is 6.42 Å². The first-order chi connectivity index (χ1) is 13.6. The first-order valence-corrected chi connectivity index (χ1v) is 8.70. The minimum Gasteiger partial charge on any atom is -0.335 e. The second-order valence-corrected chi connectivity index (χ2v) is 6.42. The summed E-state index contributed by atoms with van der Waals surface area (Å²) in [6.07, 6.45) is 8.04. The Bertz CT molecular complexity index is 1170. The molecular formula is C21H17N5O2. The van der Waals surface area contributed by atoms with E-state index < -0.39 is 0 Å². The number of benzene rings is 1. The molecule has 0 unspecified atom stereocenters. The van der Waals surface area contributed by atoms with E-state index in [9.17, 15) is 9.59 Å². The monoisotopic (exact) mass is 371 g/mol. The molecule has 0 aliphatic rings. The maximum Gasteiger partial charge on any atom is 0.228 e. The second kappa shape index (κ2) is 7.40. The zero-order valence-electron chi connectivity index (χ0n) is 15.2. The number of aromatic nitrogens is 4. The van der Waals surface area contributed by atoms with Crippen LogP contribution in [0.3, 0.4) is 0 Å². The van der Waals surface area contributed by atoms with Gasteiger partial charge in [-0.3, -0.25) is 14.6 Å². The molecule has 138 valence electrons. The van der Waals surface area contributed by atoms with Gasteiger partial charge in [-0.05, 0) is 11.6 Å². The van der Waals surface area contributed by atoms with Gasteiger partial charge in [-0.15, -0.1) is 0 Å². The standard InChI is InChI=1S/C21H17N5O2/c1-26-12-18(17-11-23-13-24-21(17)26)20(28)15-8-16(10-22-9-15)25-19(27)7-14-5-3-2-4-6-14/h2-6,8-13H,7H2,1H3,(H,25,27). The summed E-state index contributed by atoms with van der Waals surface area (Å²) in [5.41, 5.74) is 2.94. The van der Waals surface area contributed by atoms with Crippen molar-refractivity contribution in [2.24, 2.45) is 7.05 Å². The normalized spacial score (nSPS) is 10.8. The topological polar surface area (TPSA) is 89.8 Å². The number of ketones is 1. The van der Waals surface area contributed by atoms with Gasteiger partial charge in [0, 0.05) is 36.6 Å². The molecule has 0 bridgehead atoms. The van der Waals surface area contributed by atoms with Crippen LogP contribution in [0.1, 0.15) is 21.5 Å². The Hall–Kier alpha value is -3.87. The Morgan fingerprint density at radius 1 is 1.07 bits per heavy atom. The van der Waals surface area contributed by atoms with Gasteiger partial charge in [-0.25, -0.2) is 9.97 Å². The summed E-state index contributed by atoms with van der Waals surface area (Å²) >= 11 is 0. The zero-order chi connectivity index (χ0) is 19.5. The summed E-state index contributed by atoms with van der Waals surface area (Å²) in [6.45, 7) is 0. The Morgan fingerprint density at radius 3 is 2.71 bits per heavy atom. The molecule has 1 aromatic carbocycles. The first kappa shape index (κ1) is 17.5. The van der Waals surface area contributed by atoms with Crippen LogP contribution in [0.5, 0.6) is 0 Å². The average molecular weight is 371 g/mol. The lowest BCUT2D eigenvalue weighted by atomic mass is 10.1. The van der Waals surface area contributed by atoms with Crippen molar-refractivity contribution in [1.29, 1.82) is 0 Å². The molecule has 0 fully saturated rings. The van der Waals surface area contributed by atoms with E-state index in [4.69, 9.17) is 0 Å². The molecule has 7 nitrogen and oxygen atoms in total. The molecule has 0 saturated carbocycles.